The number of rotatable bonds is 3. The zero-order valence-electron chi connectivity index (χ0n) is 13.5. The highest BCUT2D eigenvalue weighted by molar-refractivity contribution is 5.85. The van der Waals surface area contributed by atoms with Crippen molar-refractivity contribution in [3.05, 3.63) is 35.4 Å². The number of hydrogen-bond acceptors (Lipinski definition) is 3. The van der Waals surface area contributed by atoms with Gasteiger partial charge in [-0.25, -0.2) is 0 Å². The summed E-state index contributed by atoms with van der Waals surface area (Å²) in [6, 6.07) is 11.1. The molecule has 1 atom stereocenters. The highest BCUT2D eigenvalue weighted by atomic mass is 35.5. The molecular formula is C18H27Cl2N3. The largest absolute Gasteiger partial charge is 0.314 e. The summed E-state index contributed by atoms with van der Waals surface area (Å²) in [6.45, 7) is 4.41. The number of nitrogens with one attached hydrogen (secondary N) is 1. The Morgan fingerprint density at radius 3 is 2.43 bits per heavy atom. The second-order valence-electron chi connectivity index (χ2n) is 6.37. The van der Waals surface area contributed by atoms with E-state index in [4.69, 9.17) is 0 Å². The predicted octanol–water partition coefficient (Wildman–Crippen LogP) is 3.93. The Morgan fingerprint density at radius 1 is 1.09 bits per heavy atom. The Bertz CT molecular complexity index is 485. The van der Waals surface area contributed by atoms with Gasteiger partial charge in [0.2, 0.25) is 0 Å². The molecular weight excluding hydrogens is 329 g/mol. The van der Waals surface area contributed by atoms with E-state index in [9.17, 15) is 5.26 Å². The second-order valence-corrected chi connectivity index (χ2v) is 6.37. The van der Waals surface area contributed by atoms with Crippen molar-refractivity contribution < 1.29 is 0 Å². The van der Waals surface area contributed by atoms with E-state index in [1.807, 2.05) is 12.1 Å². The van der Waals surface area contributed by atoms with E-state index in [1.165, 1.54) is 37.7 Å². The summed E-state index contributed by atoms with van der Waals surface area (Å²) >= 11 is 0. The topological polar surface area (TPSA) is 39.1 Å². The zero-order chi connectivity index (χ0) is 14.5. The van der Waals surface area contributed by atoms with Crippen molar-refractivity contribution in [2.75, 3.05) is 26.2 Å². The molecule has 1 saturated heterocycles. The smallest absolute Gasteiger partial charge is 0.0991 e. The van der Waals surface area contributed by atoms with Gasteiger partial charge in [-0.2, -0.15) is 5.26 Å². The van der Waals surface area contributed by atoms with Gasteiger partial charge in [-0.1, -0.05) is 31.4 Å². The van der Waals surface area contributed by atoms with Crippen LogP contribution in [0.2, 0.25) is 0 Å². The molecule has 1 saturated carbocycles. The van der Waals surface area contributed by atoms with E-state index in [2.05, 4.69) is 28.4 Å². The normalized spacial score (nSPS) is 20.7. The zero-order valence-corrected chi connectivity index (χ0v) is 15.2. The summed E-state index contributed by atoms with van der Waals surface area (Å²) in [5.41, 5.74) is 2.14. The number of hydrogen-bond donors (Lipinski definition) is 1. The number of benzene rings is 1. The van der Waals surface area contributed by atoms with Gasteiger partial charge in [0.15, 0.2) is 0 Å². The molecule has 1 aliphatic heterocycles. The maximum absolute atomic E-state index is 9.19. The van der Waals surface area contributed by atoms with Crippen LogP contribution in [0.1, 0.15) is 49.3 Å². The Labute approximate surface area is 152 Å². The summed E-state index contributed by atoms with van der Waals surface area (Å²) < 4.78 is 0. The van der Waals surface area contributed by atoms with Crippen molar-refractivity contribution in [1.29, 1.82) is 5.26 Å². The van der Waals surface area contributed by atoms with Crippen molar-refractivity contribution >= 4 is 24.8 Å². The van der Waals surface area contributed by atoms with Crippen LogP contribution in [0.5, 0.6) is 0 Å². The molecule has 1 aliphatic carbocycles. The van der Waals surface area contributed by atoms with E-state index in [-0.39, 0.29) is 24.8 Å². The first-order chi connectivity index (χ1) is 10.4. The molecule has 0 bridgehead atoms. The fraction of sp³-hybridized carbons (Fsp3) is 0.611. The van der Waals surface area contributed by atoms with E-state index in [1.54, 1.807) is 0 Å². The van der Waals surface area contributed by atoms with Crippen LogP contribution in [0.15, 0.2) is 24.3 Å². The minimum absolute atomic E-state index is 0. The summed E-state index contributed by atoms with van der Waals surface area (Å²) in [4.78, 5) is 2.64. The molecule has 0 aromatic heterocycles. The lowest BCUT2D eigenvalue weighted by atomic mass is 9.80. The first kappa shape index (κ1) is 20.3. The van der Waals surface area contributed by atoms with Gasteiger partial charge >= 0.3 is 0 Å². The molecule has 3 rings (SSSR count). The van der Waals surface area contributed by atoms with Crippen LogP contribution in [-0.2, 0) is 0 Å². The van der Waals surface area contributed by atoms with Crippen molar-refractivity contribution in [3.63, 3.8) is 0 Å². The minimum atomic E-state index is 0. The van der Waals surface area contributed by atoms with Crippen molar-refractivity contribution in [3.8, 4) is 6.07 Å². The predicted molar refractivity (Wildman–Crippen MR) is 99.4 cm³/mol. The van der Waals surface area contributed by atoms with Crippen LogP contribution >= 0.6 is 24.8 Å². The number of piperazine rings is 1. The summed E-state index contributed by atoms with van der Waals surface area (Å²) in [5, 5.41) is 12.6. The fourth-order valence-electron chi connectivity index (χ4n) is 3.98. The molecule has 1 N–H and O–H groups in total. The van der Waals surface area contributed by atoms with E-state index in [0.717, 1.165) is 37.7 Å². The maximum Gasteiger partial charge on any atom is 0.0991 e. The Morgan fingerprint density at radius 2 is 1.78 bits per heavy atom. The van der Waals surface area contributed by atoms with Crippen LogP contribution in [0, 0.1) is 17.2 Å². The molecule has 5 heteroatoms. The lowest BCUT2D eigenvalue weighted by Gasteiger charge is -2.41. The summed E-state index contributed by atoms with van der Waals surface area (Å²) in [7, 11) is 0. The fourth-order valence-corrected chi connectivity index (χ4v) is 3.98. The maximum atomic E-state index is 9.19. The van der Waals surface area contributed by atoms with Gasteiger partial charge in [-0.15, -0.1) is 24.8 Å². The molecule has 0 amide bonds. The third kappa shape index (κ3) is 5.09. The lowest BCUT2D eigenvalue weighted by Crippen LogP contribution is -2.47. The third-order valence-corrected chi connectivity index (χ3v) is 5.00. The highest BCUT2D eigenvalue weighted by Gasteiger charge is 2.30. The van der Waals surface area contributed by atoms with Gasteiger partial charge < -0.3 is 5.32 Å². The average molecular weight is 356 g/mol. The van der Waals surface area contributed by atoms with E-state index < -0.39 is 0 Å². The molecule has 1 aromatic carbocycles. The van der Waals surface area contributed by atoms with Crippen LogP contribution in [0.3, 0.4) is 0 Å². The van der Waals surface area contributed by atoms with E-state index in [0.29, 0.717) is 6.04 Å². The van der Waals surface area contributed by atoms with Crippen molar-refractivity contribution in [2.24, 2.45) is 5.92 Å². The number of nitriles is 1. The number of halogens is 2. The monoisotopic (exact) mass is 355 g/mol. The van der Waals surface area contributed by atoms with Gasteiger partial charge in [-0.05, 0) is 36.5 Å². The Balaban J connectivity index is 0.00000132. The SMILES string of the molecule is Cl.Cl.N#Cc1cccc([C@H](C2CCCCC2)N2CCNCC2)c1. The molecule has 3 nitrogen and oxygen atoms in total. The first-order valence-corrected chi connectivity index (χ1v) is 8.33. The van der Waals surface area contributed by atoms with Gasteiger partial charge in [0.1, 0.15) is 0 Å². The second kappa shape index (κ2) is 10.2. The molecule has 0 spiro atoms. The van der Waals surface area contributed by atoms with Gasteiger partial charge in [-0.3, -0.25) is 4.90 Å². The van der Waals surface area contributed by atoms with Crippen LogP contribution in [0.25, 0.3) is 0 Å². The van der Waals surface area contributed by atoms with Crippen molar-refractivity contribution in [1.82, 2.24) is 10.2 Å². The van der Waals surface area contributed by atoms with Crippen LogP contribution < -0.4 is 5.32 Å². The molecule has 0 unspecified atom stereocenters. The minimum Gasteiger partial charge on any atom is -0.314 e. The number of nitrogens with zero attached hydrogens (tertiary/aromatic N) is 2. The molecule has 2 fully saturated rings. The standard InChI is InChI=1S/C18H25N3.2ClH/c19-14-15-5-4-8-17(13-15)18(16-6-2-1-3-7-16)21-11-9-20-10-12-21;;/h4-5,8,13,16,18,20H,1-3,6-7,9-12H2;2*1H/t18-;;/m0../s1. The molecule has 1 heterocycles. The summed E-state index contributed by atoms with van der Waals surface area (Å²) in [5.74, 6) is 0.755. The van der Waals surface area contributed by atoms with Gasteiger partial charge in [0.25, 0.3) is 0 Å². The average Bonchev–Trinajstić information content (AvgIpc) is 2.57. The van der Waals surface area contributed by atoms with Crippen molar-refractivity contribution in [2.45, 2.75) is 38.1 Å². The third-order valence-electron chi connectivity index (χ3n) is 5.00. The Hall–Kier alpha value is -0.790. The molecule has 23 heavy (non-hydrogen) atoms. The van der Waals surface area contributed by atoms with Crippen LogP contribution in [-0.4, -0.2) is 31.1 Å². The van der Waals surface area contributed by atoms with E-state index >= 15 is 0 Å². The molecule has 1 aromatic rings. The summed E-state index contributed by atoms with van der Waals surface area (Å²) in [6.07, 6.45) is 6.80. The lowest BCUT2D eigenvalue weighted by molar-refractivity contribution is 0.103. The highest BCUT2D eigenvalue weighted by Crippen LogP contribution is 2.38. The molecule has 2 aliphatic rings. The first-order valence-electron chi connectivity index (χ1n) is 8.33. The molecule has 0 radical (unpaired) electrons. The molecule has 128 valence electrons. The quantitative estimate of drug-likeness (QED) is 0.892. The Kier molecular flexibility index (Phi) is 8.94. The van der Waals surface area contributed by atoms with Crippen LogP contribution in [0.4, 0.5) is 0 Å². The van der Waals surface area contributed by atoms with Gasteiger partial charge in [0.05, 0.1) is 11.6 Å². The van der Waals surface area contributed by atoms with Gasteiger partial charge in [0, 0.05) is 32.2 Å².